The molecule has 0 aromatic heterocycles. The first-order valence-corrected chi connectivity index (χ1v) is 10.1. The van der Waals surface area contributed by atoms with Gasteiger partial charge in [-0.3, -0.25) is 4.79 Å². The number of amides is 1. The Kier molecular flexibility index (Phi) is 5.41. The highest BCUT2D eigenvalue weighted by Gasteiger charge is 2.41. The van der Waals surface area contributed by atoms with E-state index in [9.17, 15) is 9.90 Å². The van der Waals surface area contributed by atoms with Gasteiger partial charge in [-0.25, -0.2) is 0 Å². The van der Waals surface area contributed by atoms with Gasteiger partial charge in [-0.1, -0.05) is 76.6 Å². The Morgan fingerprint density at radius 3 is 2.31 bits per heavy atom. The van der Waals surface area contributed by atoms with Crippen LogP contribution in [0.3, 0.4) is 0 Å². The average Bonchev–Trinajstić information content (AvgIpc) is 3.00. The highest BCUT2D eigenvalue weighted by molar-refractivity contribution is 9.10. The van der Waals surface area contributed by atoms with Crippen LogP contribution in [0.4, 0.5) is 0 Å². The maximum absolute atomic E-state index is 13.1. The van der Waals surface area contributed by atoms with E-state index in [1.54, 1.807) is 12.0 Å². The summed E-state index contributed by atoms with van der Waals surface area (Å²) in [6, 6.07) is 24.6. The van der Waals surface area contributed by atoms with Gasteiger partial charge in [0.1, 0.15) is 5.75 Å². The number of para-hydroxylation sites is 1. The van der Waals surface area contributed by atoms with Crippen molar-refractivity contribution >= 4 is 27.4 Å². The second kappa shape index (κ2) is 8.13. The molecule has 1 aliphatic rings. The number of carbonyl (C=O) groups excluding carboxylic acids is 1. The van der Waals surface area contributed by atoms with Crippen molar-refractivity contribution < 1.29 is 14.6 Å². The monoisotopic (exact) mass is 449 g/mol. The fourth-order valence-corrected chi connectivity index (χ4v) is 4.00. The summed E-state index contributed by atoms with van der Waals surface area (Å²) in [6.45, 7) is 0.323. The maximum Gasteiger partial charge on any atom is 0.290 e. The molecule has 4 nitrogen and oxygen atoms in total. The number of rotatable bonds is 5. The van der Waals surface area contributed by atoms with E-state index in [-0.39, 0.29) is 11.7 Å². The molecule has 0 bridgehead atoms. The van der Waals surface area contributed by atoms with E-state index in [1.807, 2.05) is 78.9 Å². The van der Waals surface area contributed by atoms with Gasteiger partial charge in [0.2, 0.25) is 0 Å². The molecule has 4 rings (SSSR count). The van der Waals surface area contributed by atoms with E-state index in [4.69, 9.17) is 4.74 Å². The van der Waals surface area contributed by atoms with Crippen molar-refractivity contribution in [2.75, 3.05) is 7.11 Å². The number of benzene rings is 3. The van der Waals surface area contributed by atoms with Crippen molar-refractivity contribution in [1.29, 1.82) is 0 Å². The maximum atomic E-state index is 13.1. The Labute approximate surface area is 178 Å². The quantitative estimate of drug-likeness (QED) is 0.558. The van der Waals surface area contributed by atoms with Crippen LogP contribution in [0.15, 0.2) is 89.1 Å². The zero-order valence-electron chi connectivity index (χ0n) is 15.9. The molecule has 1 atom stereocenters. The number of aliphatic hydroxyl groups is 1. The van der Waals surface area contributed by atoms with Crippen LogP contribution in [0.5, 0.6) is 5.75 Å². The van der Waals surface area contributed by atoms with Crippen LogP contribution in [0.2, 0.25) is 0 Å². The van der Waals surface area contributed by atoms with E-state index in [2.05, 4.69) is 15.9 Å². The van der Waals surface area contributed by atoms with Crippen LogP contribution in [0, 0.1) is 0 Å². The standard InChI is InChI=1S/C24H20BrNO3/c1-29-20-10-6-5-9-18(20)15-26-22(17-11-13-19(25)14-12-17)21(23(27)24(26)28)16-7-3-2-4-8-16/h2-14,22,27H,15H2,1H3/t22-/m0/s1. The molecular weight excluding hydrogens is 430 g/mol. The largest absolute Gasteiger partial charge is 0.503 e. The number of nitrogens with zero attached hydrogens (tertiary/aromatic N) is 1. The summed E-state index contributed by atoms with van der Waals surface area (Å²) in [5.74, 6) is 0.115. The van der Waals surface area contributed by atoms with Crippen LogP contribution < -0.4 is 4.74 Å². The second-order valence-corrected chi connectivity index (χ2v) is 7.74. The first-order valence-electron chi connectivity index (χ1n) is 9.27. The number of carbonyl (C=O) groups is 1. The minimum atomic E-state index is -0.400. The molecule has 0 radical (unpaired) electrons. The van der Waals surface area contributed by atoms with E-state index < -0.39 is 6.04 Å². The predicted molar refractivity (Wildman–Crippen MR) is 116 cm³/mol. The molecular formula is C24H20BrNO3. The van der Waals surface area contributed by atoms with Gasteiger partial charge in [-0.2, -0.15) is 0 Å². The summed E-state index contributed by atoms with van der Waals surface area (Å²) in [5.41, 5.74) is 3.26. The molecule has 3 aromatic carbocycles. The topological polar surface area (TPSA) is 49.8 Å². The minimum Gasteiger partial charge on any atom is -0.503 e. The second-order valence-electron chi connectivity index (χ2n) is 6.83. The average molecular weight is 450 g/mol. The highest BCUT2D eigenvalue weighted by atomic mass is 79.9. The Morgan fingerprint density at radius 2 is 1.62 bits per heavy atom. The molecule has 1 N–H and O–H groups in total. The Balaban J connectivity index is 1.82. The molecule has 0 aliphatic carbocycles. The Bertz CT molecular complexity index is 1060. The Hall–Kier alpha value is -3.05. The molecule has 0 spiro atoms. The molecule has 1 heterocycles. The number of halogens is 1. The molecule has 0 unspecified atom stereocenters. The normalized spacial score (nSPS) is 16.4. The summed E-state index contributed by atoms with van der Waals surface area (Å²) in [7, 11) is 1.61. The third-order valence-corrected chi connectivity index (χ3v) is 5.64. The molecule has 29 heavy (non-hydrogen) atoms. The summed E-state index contributed by atoms with van der Waals surface area (Å²) in [6.07, 6.45) is 0. The van der Waals surface area contributed by atoms with Gasteiger partial charge in [0.25, 0.3) is 5.91 Å². The first-order chi connectivity index (χ1) is 14.1. The summed E-state index contributed by atoms with van der Waals surface area (Å²) >= 11 is 3.47. The molecule has 5 heteroatoms. The highest BCUT2D eigenvalue weighted by Crippen LogP contribution is 2.44. The number of methoxy groups -OCH3 is 1. The van der Waals surface area contributed by atoms with Gasteiger partial charge in [0, 0.05) is 15.6 Å². The van der Waals surface area contributed by atoms with Crippen LogP contribution in [0.25, 0.3) is 5.57 Å². The fourth-order valence-electron chi connectivity index (χ4n) is 3.74. The summed E-state index contributed by atoms with van der Waals surface area (Å²) in [5, 5.41) is 10.8. The number of aliphatic hydroxyl groups excluding tert-OH is 1. The summed E-state index contributed by atoms with van der Waals surface area (Å²) in [4.78, 5) is 14.8. The minimum absolute atomic E-state index is 0.209. The molecule has 1 aliphatic heterocycles. The van der Waals surface area contributed by atoms with E-state index in [1.165, 1.54) is 0 Å². The SMILES string of the molecule is COc1ccccc1CN1C(=O)C(O)=C(c2ccccc2)[C@@H]1c1ccc(Br)cc1. The smallest absolute Gasteiger partial charge is 0.290 e. The van der Waals surface area contributed by atoms with Crippen molar-refractivity contribution in [2.45, 2.75) is 12.6 Å². The van der Waals surface area contributed by atoms with Gasteiger partial charge in [-0.15, -0.1) is 0 Å². The van der Waals surface area contributed by atoms with E-state index in [0.717, 1.165) is 21.2 Å². The van der Waals surface area contributed by atoms with Gasteiger partial charge in [0.15, 0.2) is 5.76 Å². The van der Waals surface area contributed by atoms with E-state index >= 15 is 0 Å². The number of hydrogen-bond donors (Lipinski definition) is 1. The van der Waals surface area contributed by atoms with Gasteiger partial charge < -0.3 is 14.7 Å². The lowest BCUT2D eigenvalue weighted by Crippen LogP contribution is -2.30. The lowest BCUT2D eigenvalue weighted by atomic mass is 9.93. The van der Waals surface area contributed by atoms with Crippen molar-refractivity contribution in [2.24, 2.45) is 0 Å². The van der Waals surface area contributed by atoms with Crippen LogP contribution in [-0.4, -0.2) is 23.0 Å². The molecule has 146 valence electrons. The molecule has 3 aromatic rings. The van der Waals surface area contributed by atoms with Crippen LogP contribution in [-0.2, 0) is 11.3 Å². The zero-order valence-corrected chi connectivity index (χ0v) is 17.5. The first kappa shape index (κ1) is 19.3. The number of hydrogen-bond acceptors (Lipinski definition) is 3. The summed E-state index contributed by atoms with van der Waals surface area (Å²) < 4.78 is 6.42. The van der Waals surface area contributed by atoms with Gasteiger partial charge >= 0.3 is 0 Å². The third kappa shape index (κ3) is 3.66. The lowest BCUT2D eigenvalue weighted by molar-refractivity contribution is -0.130. The van der Waals surface area contributed by atoms with Crippen molar-refractivity contribution in [1.82, 2.24) is 4.90 Å². The molecule has 0 saturated heterocycles. The molecule has 0 fully saturated rings. The van der Waals surface area contributed by atoms with Crippen molar-refractivity contribution in [3.8, 4) is 5.75 Å². The van der Waals surface area contributed by atoms with E-state index in [0.29, 0.717) is 17.9 Å². The van der Waals surface area contributed by atoms with Gasteiger partial charge in [0.05, 0.1) is 19.7 Å². The number of ether oxygens (including phenoxy) is 1. The predicted octanol–water partition coefficient (Wildman–Crippen LogP) is 5.51. The van der Waals surface area contributed by atoms with Crippen molar-refractivity contribution in [3.63, 3.8) is 0 Å². The van der Waals surface area contributed by atoms with Gasteiger partial charge in [-0.05, 0) is 29.3 Å². The zero-order chi connectivity index (χ0) is 20.4. The van der Waals surface area contributed by atoms with Crippen LogP contribution in [0.1, 0.15) is 22.7 Å². The molecule has 1 amide bonds. The van der Waals surface area contributed by atoms with Crippen LogP contribution >= 0.6 is 15.9 Å². The third-order valence-electron chi connectivity index (χ3n) is 5.11. The molecule has 0 saturated carbocycles. The van der Waals surface area contributed by atoms with Crippen molar-refractivity contribution in [3.05, 3.63) is 106 Å². The fraction of sp³-hybridized carbons (Fsp3) is 0.125. The Morgan fingerprint density at radius 1 is 0.966 bits per heavy atom. The lowest BCUT2D eigenvalue weighted by Gasteiger charge is -2.28.